The highest BCUT2D eigenvalue weighted by Crippen LogP contribution is 2.30. The van der Waals surface area contributed by atoms with Crippen LogP contribution in [0.25, 0.3) is 16.4 Å². The minimum atomic E-state index is 0.295. The Morgan fingerprint density at radius 3 is 2.61 bits per heavy atom. The Bertz CT molecular complexity index is 887. The van der Waals surface area contributed by atoms with Gasteiger partial charge in [0.25, 0.3) is 0 Å². The van der Waals surface area contributed by atoms with E-state index in [1.54, 1.807) is 23.1 Å². The van der Waals surface area contributed by atoms with Crippen molar-refractivity contribution in [1.82, 2.24) is 19.7 Å². The molecule has 2 aromatic heterocycles. The third-order valence-corrected chi connectivity index (χ3v) is 6.75. The van der Waals surface area contributed by atoms with Crippen LogP contribution < -0.4 is 0 Å². The topological polar surface area (TPSA) is 51.0 Å². The highest BCUT2D eigenvalue weighted by molar-refractivity contribution is 7.99. The highest BCUT2D eigenvalue weighted by atomic mass is 32.2. The molecule has 28 heavy (non-hydrogen) atoms. The summed E-state index contributed by atoms with van der Waals surface area (Å²) in [5.74, 6) is 2.02. The first kappa shape index (κ1) is 19.2. The SMILES string of the molecule is O=C(CCCSc1nnc(-c2cccs2)n1-c1ccccc1)N1CCCCC1. The number of likely N-dealkylation sites (tertiary alicyclic amines) is 1. The third kappa shape index (κ3) is 4.47. The standard InChI is InChI=1S/C21H24N4OS2/c26-19(24-13-5-2-6-14-24)12-8-16-28-21-23-22-20(18-11-7-15-27-18)25(21)17-9-3-1-4-10-17/h1,3-4,7,9-11,15H,2,5-6,8,12-14,16H2. The molecule has 146 valence electrons. The van der Waals surface area contributed by atoms with Crippen LogP contribution in [0.2, 0.25) is 0 Å². The van der Waals surface area contributed by atoms with Gasteiger partial charge in [-0.2, -0.15) is 0 Å². The number of aromatic nitrogens is 3. The molecule has 1 amide bonds. The first-order valence-electron chi connectivity index (χ1n) is 9.78. The van der Waals surface area contributed by atoms with Crippen LogP contribution in [-0.4, -0.2) is 44.4 Å². The van der Waals surface area contributed by atoms with Crippen molar-refractivity contribution < 1.29 is 4.79 Å². The number of thiophene rings is 1. The Hall–Kier alpha value is -2.12. The second-order valence-electron chi connectivity index (χ2n) is 6.85. The summed E-state index contributed by atoms with van der Waals surface area (Å²) in [6, 6.07) is 14.3. The smallest absolute Gasteiger partial charge is 0.222 e. The maximum absolute atomic E-state index is 12.3. The Balaban J connectivity index is 1.42. The van der Waals surface area contributed by atoms with Crippen LogP contribution in [-0.2, 0) is 4.79 Å². The van der Waals surface area contributed by atoms with Crippen LogP contribution in [0.5, 0.6) is 0 Å². The molecule has 1 aromatic carbocycles. The van der Waals surface area contributed by atoms with Gasteiger partial charge in [0, 0.05) is 31.0 Å². The number of carbonyl (C=O) groups is 1. The minimum absolute atomic E-state index is 0.295. The largest absolute Gasteiger partial charge is 0.343 e. The molecule has 0 aliphatic carbocycles. The molecule has 0 atom stereocenters. The lowest BCUT2D eigenvalue weighted by atomic mass is 10.1. The van der Waals surface area contributed by atoms with Gasteiger partial charge in [-0.3, -0.25) is 9.36 Å². The number of carbonyl (C=O) groups excluding carboxylic acids is 1. The molecular weight excluding hydrogens is 388 g/mol. The van der Waals surface area contributed by atoms with Gasteiger partial charge in [-0.1, -0.05) is 36.0 Å². The van der Waals surface area contributed by atoms with Crippen LogP contribution in [0.3, 0.4) is 0 Å². The molecule has 0 saturated carbocycles. The van der Waals surface area contributed by atoms with Crippen LogP contribution >= 0.6 is 23.1 Å². The average molecular weight is 413 g/mol. The van der Waals surface area contributed by atoms with Crippen molar-refractivity contribution in [3.63, 3.8) is 0 Å². The van der Waals surface area contributed by atoms with Gasteiger partial charge in [0.1, 0.15) is 0 Å². The maximum atomic E-state index is 12.3. The predicted molar refractivity (Wildman–Crippen MR) is 115 cm³/mol. The summed E-state index contributed by atoms with van der Waals surface area (Å²) in [5, 5.41) is 11.8. The monoisotopic (exact) mass is 412 g/mol. The number of amides is 1. The van der Waals surface area contributed by atoms with Crippen molar-refractivity contribution >= 4 is 29.0 Å². The zero-order valence-corrected chi connectivity index (χ0v) is 17.4. The molecule has 0 radical (unpaired) electrons. The molecule has 3 heterocycles. The fourth-order valence-corrected chi connectivity index (χ4v) is 5.02. The van der Waals surface area contributed by atoms with E-state index in [-0.39, 0.29) is 0 Å². The Morgan fingerprint density at radius 2 is 1.86 bits per heavy atom. The van der Waals surface area contributed by atoms with Gasteiger partial charge in [-0.15, -0.1) is 21.5 Å². The van der Waals surface area contributed by atoms with E-state index in [9.17, 15) is 4.79 Å². The lowest BCUT2D eigenvalue weighted by molar-refractivity contribution is -0.132. The summed E-state index contributed by atoms with van der Waals surface area (Å²) in [5.41, 5.74) is 1.06. The van der Waals surface area contributed by atoms with Gasteiger partial charge < -0.3 is 4.90 Å². The minimum Gasteiger partial charge on any atom is -0.343 e. The summed E-state index contributed by atoms with van der Waals surface area (Å²) in [6.07, 6.45) is 5.01. The molecule has 1 aliphatic rings. The number of benzene rings is 1. The number of para-hydroxylation sites is 1. The van der Waals surface area contributed by atoms with Gasteiger partial charge in [-0.25, -0.2) is 0 Å². The van der Waals surface area contributed by atoms with Gasteiger partial charge in [0.15, 0.2) is 11.0 Å². The number of rotatable bonds is 7. The number of thioether (sulfide) groups is 1. The maximum Gasteiger partial charge on any atom is 0.222 e. The van der Waals surface area contributed by atoms with E-state index in [4.69, 9.17) is 0 Å². The summed E-state index contributed by atoms with van der Waals surface area (Å²) >= 11 is 3.34. The second-order valence-corrected chi connectivity index (χ2v) is 8.86. The zero-order chi connectivity index (χ0) is 19.2. The molecule has 0 N–H and O–H groups in total. The molecule has 1 saturated heterocycles. The fourth-order valence-electron chi connectivity index (χ4n) is 3.43. The Labute approximate surface area is 173 Å². The molecule has 0 bridgehead atoms. The van der Waals surface area contributed by atoms with E-state index in [1.807, 2.05) is 29.2 Å². The normalized spacial score (nSPS) is 14.4. The molecule has 5 nitrogen and oxygen atoms in total. The summed E-state index contributed by atoms with van der Waals surface area (Å²) in [4.78, 5) is 15.5. The van der Waals surface area contributed by atoms with Crippen molar-refractivity contribution in [2.45, 2.75) is 37.3 Å². The predicted octanol–water partition coefficient (Wildman–Crippen LogP) is 4.88. The van der Waals surface area contributed by atoms with Crippen molar-refractivity contribution in [1.29, 1.82) is 0 Å². The molecule has 7 heteroatoms. The van der Waals surface area contributed by atoms with Gasteiger partial charge in [0.2, 0.25) is 5.91 Å². The summed E-state index contributed by atoms with van der Waals surface area (Å²) < 4.78 is 2.11. The molecule has 3 aromatic rings. The molecule has 0 spiro atoms. The first-order chi connectivity index (χ1) is 13.8. The van der Waals surface area contributed by atoms with E-state index in [2.05, 4.69) is 38.3 Å². The molecule has 1 aliphatic heterocycles. The quantitative estimate of drug-likeness (QED) is 0.410. The highest BCUT2D eigenvalue weighted by Gasteiger charge is 2.18. The van der Waals surface area contributed by atoms with Gasteiger partial charge in [-0.05, 0) is 49.3 Å². The molecular formula is C21H24N4OS2. The van der Waals surface area contributed by atoms with E-state index < -0.39 is 0 Å². The van der Waals surface area contributed by atoms with Gasteiger partial charge in [0.05, 0.1) is 4.88 Å². The average Bonchev–Trinajstić information content (AvgIpc) is 3.42. The van der Waals surface area contributed by atoms with Crippen LogP contribution in [0.15, 0.2) is 53.0 Å². The van der Waals surface area contributed by atoms with Crippen LogP contribution in [0.1, 0.15) is 32.1 Å². The van der Waals surface area contributed by atoms with Crippen molar-refractivity contribution in [2.24, 2.45) is 0 Å². The van der Waals surface area contributed by atoms with E-state index in [1.165, 1.54) is 6.42 Å². The summed E-state index contributed by atoms with van der Waals surface area (Å²) in [6.45, 7) is 1.86. The second kappa shape index (κ2) is 9.39. The lowest BCUT2D eigenvalue weighted by Crippen LogP contribution is -2.35. The third-order valence-electron chi connectivity index (χ3n) is 4.86. The van der Waals surface area contributed by atoms with Crippen LogP contribution in [0, 0.1) is 0 Å². The van der Waals surface area contributed by atoms with Crippen molar-refractivity contribution in [2.75, 3.05) is 18.8 Å². The number of nitrogens with zero attached hydrogens (tertiary/aromatic N) is 4. The van der Waals surface area contributed by atoms with Crippen molar-refractivity contribution in [3.8, 4) is 16.4 Å². The van der Waals surface area contributed by atoms with Gasteiger partial charge >= 0.3 is 0 Å². The van der Waals surface area contributed by atoms with E-state index in [0.717, 1.165) is 59.7 Å². The van der Waals surface area contributed by atoms with E-state index in [0.29, 0.717) is 12.3 Å². The fraction of sp³-hybridized carbons (Fsp3) is 0.381. The first-order valence-corrected chi connectivity index (χ1v) is 11.6. The molecule has 0 unspecified atom stereocenters. The van der Waals surface area contributed by atoms with Crippen LogP contribution in [0.4, 0.5) is 0 Å². The molecule has 1 fully saturated rings. The molecule has 4 rings (SSSR count). The number of hydrogen-bond acceptors (Lipinski definition) is 5. The number of piperidine rings is 1. The van der Waals surface area contributed by atoms with E-state index >= 15 is 0 Å². The Morgan fingerprint density at radius 1 is 1.04 bits per heavy atom. The Kier molecular flexibility index (Phi) is 6.44. The lowest BCUT2D eigenvalue weighted by Gasteiger charge is -2.26. The zero-order valence-electron chi connectivity index (χ0n) is 15.8. The summed E-state index contributed by atoms with van der Waals surface area (Å²) in [7, 11) is 0. The number of hydrogen-bond donors (Lipinski definition) is 0. The van der Waals surface area contributed by atoms with Crippen molar-refractivity contribution in [3.05, 3.63) is 47.8 Å².